The van der Waals surface area contributed by atoms with Crippen molar-refractivity contribution in [2.24, 2.45) is 0 Å². The molecule has 0 aliphatic carbocycles. The van der Waals surface area contributed by atoms with Crippen molar-refractivity contribution >= 4 is 17.5 Å². The van der Waals surface area contributed by atoms with Gasteiger partial charge in [0.25, 0.3) is 5.91 Å². The highest BCUT2D eigenvalue weighted by molar-refractivity contribution is 6.02. The van der Waals surface area contributed by atoms with Crippen LogP contribution in [0.3, 0.4) is 0 Å². The summed E-state index contributed by atoms with van der Waals surface area (Å²) in [6.45, 7) is 3.37. The van der Waals surface area contributed by atoms with Crippen LogP contribution in [0.1, 0.15) is 22.8 Å². The standard InChI is InChI=1S/C18H19FN2O3/c1-11-6-4-5-7-14(11)18(23)20-12(2)17(22)21-15-10-13(19)8-9-16(15)24-3/h4-10,12H,1-3H3,(H,20,23)(H,21,22). The smallest absolute Gasteiger partial charge is 0.252 e. The quantitative estimate of drug-likeness (QED) is 0.886. The van der Waals surface area contributed by atoms with Crippen LogP contribution in [-0.4, -0.2) is 25.0 Å². The van der Waals surface area contributed by atoms with Crippen molar-refractivity contribution in [3.8, 4) is 5.75 Å². The third-order valence-electron chi connectivity index (χ3n) is 3.55. The van der Waals surface area contributed by atoms with Crippen LogP contribution in [0.5, 0.6) is 5.75 Å². The van der Waals surface area contributed by atoms with Gasteiger partial charge in [0.2, 0.25) is 5.91 Å². The summed E-state index contributed by atoms with van der Waals surface area (Å²) in [6, 6.07) is 10.1. The molecule has 24 heavy (non-hydrogen) atoms. The van der Waals surface area contributed by atoms with Crippen molar-refractivity contribution in [1.82, 2.24) is 5.32 Å². The largest absolute Gasteiger partial charge is 0.495 e. The minimum Gasteiger partial charge on any atom is -0.495 e. The number of ether oxygens (including phenoxy) is 1. The average Bonchev–Trinajstić information content (AvgIpc) is 2.55. The Bertz CT molecular complexity index is 762. The number of halogens is 1. The molecule has 0 fully saturated rings. The van der Waals surface area contributed by atoms with Gasteiger partial charge in [0.1, 0.15) is 17.6 Å². The molecule has 2 aromatic carbocycles. The maximum Gasteiger partial charge on any atom is 0.252 e. The molecule has 6 heteroatoms. The number of nitrogens with one attached hydrogen (secondary N) is 2. The average molecular weight is 330 g/mol. The predicted octanol–water partition coefficient (Wildman–Crippen LogP) is 2.90. The van der Waals surface area contributed by atoms with Gasteiger partial charge in [-0.05, 0) is 37.6 Å². The zero-order chi connectivity index (χ0) is 17.7. The van der Waals surface area contributed by atoms with E-state index in [-0.39, 0.29) is 11.6 Å². The Morgan fingerprint density at radius 2 is 1.88 bits per heavy atom. The molecule has 1 atom stereocenters. The lowest BCUT2D eigenvalue weighted by Crippen LogP contribution is -2.41. The molecule has 5 nitrogen and oxygen atoms in total. The van der Waals surface area contributed by atoms with Crippen LogP contribution in [0.25, 0.3) is 0 Å². The summed E-state index contributed by atoms with van der Waals surface area (Å²) in [6.07, 6.45) is 0. The van der Waals surface area contributed by atoms with E-state index in [1.807, 2.05) is 19.1 Å². The molecule has 0 saturated carbocycles. The van der Waals surface area contributed by atoms with Crippen molar-refractivity contribution in [1.29, 1.82) is 0 Å². The molecule has 2 rings (SSSR count). The summed E-state index contributed by atoms with van der Waals surface area (Å²) < 4.78 is 18.4. The zero-order valence-electron chi connectivity index (χ0n) is 13.7. The van der Waals surface area contributed by atoms with Crippen LogP contribution < -0.4 is 15.4 Å². The first kappa shape index (κ1) is 17.5. The topological polar surface area (TPSA) is 67.4 Å². The second-order valence-electron chi connectivity index (χ2n) is 5.34. The van der Waals surface area contributed by atoms with E-state index < -0.39 is 17.8 Å². The Kier molecular flexibility index (Phi) is 5.52. The van der Waals surface area contributed by atoms with Gasteiger partial charge >= 0.3 is 0 Å². The van der Waals surface area contributed by atoms with Gasteiger partial charge in [-0.2, -0.15) is 0 Å². The number of hydrogen-bond acceptors (Lipinski definition) is 3. The Morgan fingerprint density at radius 1 is 1.17 bits per heavy atom. The van der Waals surface area contributed by atoms with Crippen molar-refractivity contribution in [3.05, 3.63) is 59.4 Å². The number of rotatable bonds is 5. The Labute approximate surface area is 139 Å². The third-order valence-corrected chi connectivity index (χ3v) is 3.55. The first-order chi connectivity index (χ1) is 11.4. The van der Waals surface area contributed by atoms with Gasteiger partial charge in [0.05, 0.1) is 12.8 Å². The molecular weight excluding hydrogens is 311 g/mol. The van der Waals surface area contributed by atoms with E-state index >= 15 is 0 Å². The molecule has 126 valence electrons. The molecule has 1 unspecified atom stereocenters. The predicted molar refractivity (Wildman–Crippen MR) is 89.7 cm³/mol. The maximum absolute atomic E-state index is 13.3. The molecular formula is C18H19FN2O3. The Hall–Kier alpha value is -2.89. The molecule has 0 aliphatic rings. The zero-order valence-corrected chi connectivity index (χ0v) is 13.7. The molecule has 0 saturated heterocycles. The number of methoxy groups -OCH3 is 1. The summed E-state index contributed by atoms with van der Waals surface area (Å²) in [5.74, 6) is -0.979. The van der Waals surface area contributed by atoms with Crippen LogP contribution in [-0.2, 0) is 4.79 Å². The van der Waals surface area contributed by atoms with Gasteiger partial charge in [-0.15, -0.1) is 0 Å². The second kappa shape index (κ2) is 7.59. The SMILES string of the molecule is COc1ccc(F)cc1NC(=O)C(C)NC(=O)c1ccccc1C. The number of aryl methyl sites for hydroxylation is 1. The first-order valence-electron chi connectivity index (χ1n) is 7.43. The fourth-order valence-electron chi connectivity index (χ4n) is 2.19. The van der Waals surface area contributed by atoms with E-state index in [9.17, 15) is 14.0 Å². The maximum atomic E-state index is 13.3. The number of anilines is 1. The van der Waals surface area contributed by atoms with Crippen LogP contribution in [0.2, 0.25) is 0 Å². The van der Waals surface area contributed by atoms with E-state index in [4.69, 9.17) is 4.74 Å². The fraction of sp³-hybridized carbons (Fsp3) is 0.222. The Balaban J connectivity index is 2.06. The highest BCUT2D eigenvalue weighted by atomic mass is 19.1. The minimum absolute atomic E-state index is 0.208. The van der Waals surface area contributed by atoms with Crippen LogP contribution in [0.4, 0.5) is 10.1 Å². The Morgan fingerprint density at radius 3 is 2.54 bits per heavy atom. The monoisotopic (exact) mass is 330 g/mol. The molecule has 0 radical (unpaired) electrons. The lowest BCUT2D eigenvalue weighted by molar-refractivity contribution is -0.117. The highest BCUT2D eigenvalue weighted by Gasteiger charge is 2.19. The van der Waals surface area contributed by atoms with Gasteiger partial charge in [0.15, 0.2) is 0 Å². The van der Waals surface area contributed by atoms with Gasteiger partial charge in [-0.1, -0.05) is 18.2 Å². The van der Waals surface area contributed by atoms with E-state index in [1.165, 1.54) is 19.2 Å². The minimum atomic E-state index is -0.801. The van der Waals surface area contributed by atoms with E-state index in [2.05, 4.69) is 10.6 Å². The molecule has 0 aromatic heterocycles. The molecule has 0 aliphatic heterocycles. The summed E-state index contributed by atoms with van der Waals surface area (Å²) >= 11 is 0. The third kappa shape index (κ3) is 4.10. The highest BCUT2D eigenvalue weighted by Crippen LogP contribution is 2.24. The van der Waals surface area contributed by atoms with E-state index in [0.717, 1.165) is 11.6 Å². The molecule has 0 heterocycles. The van der Waals surface area contributed by atoms with Crippen molar-refractivity contribution < 1.29 is 18.7 Å². The molecule has 0 bridgehead atoms. The van der Waals surface area contributed by atoms with Crippen molar-refractivity contribution in [3.63, 3.8) is 0 Å². The van der Waals surface area contributed by atoms with Gasteiger partial charge < -0.3 is 15.4 Å². The molecule has 2 amide bonds. The van der Waals surface area contributed by atoms with E-state index in [0.29, 0.717) is 11.3 Å². The number of benzene rings is 2. The van der Waals surface area contributed by atoms with Crippen molar-refractivity contribution in [2.75, 3.05) is 12.4 Å². The molecule has 2 N–H and O–H groups in total. The summed E-state index contributed by atoms with van der Waals surface area (Å²) in [5.41, 5.74) is 1.52. The molecule has 2 aromatic rings. The van der Waals surface area contributed by atoms with Crippen LogP contribution in [0.15, 0.2) is 42.5 Å². The van der Waals surface area contributed by atoms with Crippen LogP contribution in [0, 0.1) is 12.7 Å². The number of carbonyl (C=O) groups is 2. The fourth-order valence-corrected chi connectivity index (χ4v) is 2.19. The lowest BCUT2D eigenvalue weighted by atomic mass is 10.1. The lowest BCUT2D eigenvalue weighted by Gasteiger charge is -2.16. The first-order valence-corrected chi connectivity index (χ1v) is 7.43. The number of carbonyl (C=O) groups excluding carboxylic acids is 2. The summed E-state index contributed by atoms with van der Waals surface area (Å²) in [4.78, 5) is 24.5. The number of amides is 2. The summed E-state index contributed by atoms with van der Waals surface area (Å²) in [5, 5.41) is 5.18. The van der Waals surface area contributed by atoms with Crippen molar-refractivity contribution in [2.45, 2.75) is 19.9 Å². The van der Waals surface area contributed by atoms with E-state index in [1.54, 1.807) is 19.1 Å². The molecule has 0 spiro atoms. The van der Waals surface area contributed by atoms with Crippen LogP contribution >= 0.6 is 0 Å². The normalized spacial score (nSPS) is 11.5. The van der Waals surface area contributed by atoms with Gasteiger partial charge in [0, 0.05) is 11.6 Å². The van der Waals surface area contributed by atoms with Gasteiger partial charge in [-0.3, -0.25) is 9.59 Å². The summed E-state index contributed by atoms with van der Waals surface area (Å²) in [7, 11) is 1.42. The second-order valence-corrected chi connectivity index (χ2v) is 5.34. The number of hydrogen-bond donors (Lipinski definition) is 2. The van der Waals surface area contributed by atoms with Gasteiger partial charge in [-0.25, -0.2) is 4.39 Å².